The smallest absolute Gasteiger partial charge is 0.255 e. The third-order valence-corrected chi connectivity index (χ3v) is 4.53. The van der Waals surface area contributed by atoms with Crippen molar-refractivity contribution in [3.8, 4) is 17.1 Å². The molecule has 10 heteroatoms. The largest absolute Gasteiger partial charge is 0.496 e. The number of carbonyl (C=O) groups is 1. The summed E-state index contributed by atoms with van der Waals surface area (Å²) in [4.78, 5) is 17.0. The molecule has 9 nitrogen and oxygen atoms in total. The average Bonchev–Trinajstić information content (AvgIpc) is 3.08. The first-order chi connectivity index (χ1) is 15.0. The summed E-state index contributed by atoms with van der Waals surface area (Å²) in [6.45, 7) is 5.69. The number of nitrogens with zero attached hydrogens (tertiary/aromatic N) is 3. The van der Waals surface area contributed by atoms with Gasteiger partial charge in [-0.1, -0.05) is 6.07 Å². The number of amides is 1. The van der Waals surface area contributed by atoms with Crippen LogP contribution >= 0.6 is 0 Å². The minimum Gasteiger partial charge on any atom is -0.496 e. The van der Waals surface area contributed by atoms with Gasteiger partial charge in [-0.2, -0.15) is 4.98 Å². The number of aryl methyl sites for hydroxylation is 1. The highest BCUT2D eigenvalue weighted by molar-refractivity contribution is 5.98. The predicted octanol–water partition coefficient (Wildman–Crippen LogP) is 3.48. The molecule has 168 valence electrons. The lowest BCUT2D eigenvalue weighted by atomic mass is 10.1. The zero-order chi connectivity index (χ0) is 23.6. The zero-order valence-electron chi connectivity index (χ0n) is 18.6. The molecule has 1 amide bonds. The lowest BCUT2D eigenvalue weighted by molar-refractivity contribution is 0.0916. The molecule has 1 heterocycles. The van der Waals surface area contributed by atoms with E-state index in [2.05, 4.69) is 20.7 Å². The first kappa shape index (κ1) is 22.7. The first-order valence-corrected chi connectivity index (χ1v) is 9.81. The summed E-state index contributed by atoms with van der Waals surface area (Å²) in [6, 6.07) is 7.61. The predicted molar refractivity (Wildman–Crippen MR) is 122 cm³/mol. The summed E-state index contributed by atoms with van der Waals surface area (Å²) in [7, 11) is 3.14. The maximum absolute atomic E-state index is 14.3. The van der Waals surface area contributed by atoms with Gasteiger partial charge in [-0.25, -0.2) is 9.07 Å². The second-order valence-electron chi connectivity index (χ2n) is 8.23. The van der Waals surface area contributed by atoms with Crippen LogP contribution in [0, 0.1) is 11.2 Å². The Labute approximate surface area is 185 Å². The minimum atomic E-state index is -0.575. The van der Waals surface area contributed by atoms with E-state index in [0.717, 1.165) is 12.3 Å². The second-order valence-corrected chi connectivity index (χ2v) is 8.23. The Bertz CT molecular complexity index is 1180. The number of methoxy groups -OCH3 is 1. The number of nitrogens with one attached hydrogen (secondary N) is 3. The summed E-state index contributed by atoms with van der Waals surface area (Å²) < 4.78 is 21.2. The van der Waals surface area contributed by atoms with Gasteiger partial charge in [0.15, 0.2) is 5.82 Å². The van der Waals surface area contributed by atoms with Crippen molar-refractivity contribution >= 4 is 29.4 Å². The molecule has 0 saturated carbocycles. The number of benzene rings is 2. The van der Waals surface area contributed by atoms with Crippen LogP contribution in [0.2, 0.25) is 0 Å². The molecule has 3 rings (SSSR count). The fourth-order valence-electron chi connectivity index (χ4n) is 2.99. The number of carbonyl (C=O) groups excluding carboxylic acids is 1. The van der Waals surface area contributed by atoms with E-state index in [9.17, 15) is 9.18 Å². The van der Waals surface area contributed by atoms with Crippen molar-refractivity contribution in [1.82, 2.24) is 20.1 Å². The van der Waals surface area contributed by atoms with Crippen LogP contribution in [0.3, 0.4) is 0 Å². The van der Waals surface area contributed by atoms with E-state index in [1.165, 1.54) is 17.9 Å². The van der Waals surface area contributed by atoms with Crippen molar-refractivity contribution in [3.63, 3.8) is 0 Å². The molecule has 32 heavy (non-hydrogen) atoms. The van der Waals surface area contributed by atoms with Crippen molar-refractivity contribution in [2.75, 3.05) is 18.2 Å². The van der Waals surface area contributed by atoms with Crippen molar-refractivity contribution < 1.29 is 13.9 Å². The highest BCUT2D eigenvalue weighted by atomic mass is 19.1. The van der Waals surface area contributed by atoms with Crippen molar-refractivity contribution in [1.29, 1.82) is 5.41 Å². The molecule has 5 N–H and O–H groups in total. The second kappa shape index (κ2) is 8.66. The number of anilines is 3. The number of ether oxygens (including phenoxy) is 1. The maximum Gasteiger partial charge on any atom is 0.255 e. The number of nitrogens with two attached hydrogens (primary N) is 1. The number of nitrogen functional groups attached to an aromatic ring is 1. The van der Waals surface area contributed by atoms with Crippen molar-refractivity contribution in [3.05, 3.63) is 47.3 Å². The zero-order valence-corrected chi connectivity index (χ0v) is 18.6. The number of halogens is 1. The Morgan fingerprint density at radius 3 is 2.62 bits per heavy atom. The fraction of sp³-hybridized carbons (Fsp3) is 0.273. The van der Waals surface area contributed by atoms with Gasteiger partial charge < -0.3 is 26.5 Å². The summed E-state index contributed by atoms with van der Waals surface area (Å²) in [6.07, 6.45) is 1.05. The molecule has 0 saturated heterocycles. The van der Waals surface area contributed by atoms with Crippen LogP contribution in [0.1, 0.15) is 36.7 Å². The first-order valence-electron chi connectivity index (χ1n) is 9.81. The molecule has 0 aliphatic carbocycles. The van der Waals surface area contributed by atoms with E-state index >= 15 is 0 Å². The molecule has 0 spiro atoms. The van der Waals surface area contributed by atoms with Gasteiger partial charge in [0.2, 0.25) is 5.95 Å². The molecule has 0 bridgehead atoms. The summed E-state index contributed by atoms with van der Waals surface area (Å²) >= 11 is 0. The molecule has 0 aliphatic heterocycles. The van der Waals surface area contributed by atoms with E-state index in [1.807, 2.05) is 20.8 Å². The van der Waals surface area contributed by atoms with E-state index in [-0.39, 0.29) is 23.2 Å². The van der Waals surface area contributed by atoms with E-state index in [1.54, 1.807) is 25.2 Å². The fourth-order valence-corrected chi connectivity index (χ4v) is 2.99. The molecule has 3 aromatic rings. The molecule has 0 aliphatic rings. The van der Waals surface area contributed by atoms with Crippen molar-refractivity contribution in [2.24, 2.45) is 7.05 Å². The maximum atomic E-state index is 14.3. The highest BCUT2D eigenvalue weighted by Crippen LogP contribution is 2.28. The number of aromatic nitrogens is 3. The van der Waals surface area contributed by atoms with Crippen LogP contribution in [0.15, 0.2) is 30.3 Å². The van der Waals surface area contributed by atoms with Crippen LogP contribution < -0.4 is 21.1 Å². The minimum absolute atomic E-state index is 0.117. The Morgan fingerprint density at radius 1 is 1.28 bits per heavy atom. The highest BCUT2D eigenvalue weighted by Gasteiger charge is 2.20. The van der Waals surface area contributed by atoms with Crippen LogP contribution in [0.5, 0.6) is 5.75 Å². The van der Waals surface area contributed by atoms with E-state index in [4.69, 9.17) is 15.9 Å². The summed E-state index contributed by atoms with van der Waals surface area (Å²) in [5.41, 5.74) is 7.00. The molecule has 0 atom stereocenters. The molecule has 2 aromatic carbocycles. The quantitative estimate of drug-likeness (QED) is 0.344. The van der Waals surface area contributed by atoms with Crippen LogP contribution in [-0.4, -0.2) is 39.5 Å². The molecular weight excluding hydrogens is 413 g/mol. The molecular formula is C22H26FN7O2. The molecule has 1 aromatic heterocycles. The molecule has 0 fully saturated rings. The van der Waals surface area contributed by atoms with Gasteiger partial charge in [0.1, 0.15) is 11.6 Å². The third-order valence-electron chi connectivity index (χ3n) is 4.53. The number of hydrogen-bond acceptors (Lipinski definition) is 7. The van der Waals surface area contributed by atoms with Crippen LogP contribution in [-0.2, 0) is 7.05 Å². The van der Waals surface area contributed by atoms with Gasteiger partial charge in [-0.3, -0.25) is 4.79 Å². The van der Waals surface area contributed by atoms with Gasteiger partial charge in [-0.15, -0.1) is 5.10 Å². The van der Waals surface area contributed by atoms with Gasteiger partial charge in [-0.05, 0) is 45.0 Å². The topological polar surface area (TPSA) is 131 Å². The number of hydrogen-bond donors (Lipinski definition) is 4. The van der Waals surface area contributed by atoms with Gasteiger partial charge in [0.05, 0.1) is 18.4 Å². The van der Waals surface area contributed by atoms with Crippen molar-refractivity contribution in [2.45, 2.75) is 26.3 Å². The average molecular weight is 439 g/mol. The van der Waals surface area contributed by atoms with Gasteiger partial charge >= 0.3 is 0 Å². The lowest BCUT2D eigenvalue weighted by Crippen LogP contribution is -2.40. The summed E-state index contributed by atoms with van der Waals surface area (Å²) in [5, 5.41) is 17.5. The Balaban J connectivity index is 1.92. The van der Waals surface area contributed by atoms with E-state index in [0.29, 0.717) is 28.3 Å². The Hall–Kier alpha value is -3.95. The monoisotopic (exact) mass is 439 g/mol. The number of rotatable bonds is 6. The normalized spacial score (nSPS) is 11.2. The standard InChI is InChI=1S/C22H26FN7O2/c1-22(2,3)28-20(31)14-7-6-12(9-18(14)32-5)19-27-21(30(4)29-19)26-17-8-13(11-24)16(25)10-15(17)23/h6-11,24H,25H2,1-5H3,(H,28,31)(H,26,27,29). The Morgan fingerprint density at radius 2 is 2.00 bits per heavy atom. The summed E-state index contributed by atoms with van der Waals surface area (Å²) in [5.74, 6) is 0.199. The molecule has 0 unspecified atom stereocenters. The lowest BCUT2D eigenvalue weighted by Gasteiger charge is -2.21. The Kier molecular flexibility index (Phi) is 6.15. The van der Waals surface area contributed by atoms with E-state index < -0.39 is 11.4 Å². The van der Waals surface area contributed by atoms with Crippen LogP contribution in [0.4, 0.5) is 21.7 Å². The van der Waals surface area contributed by atoms with Crippen LogP contribution in [0.25, 0.3) is 11.4 Å². The third kappa shape index (κ3) is 4.85. The molecule has 0 radical (unpaired) electrons. The van der Waals surface area contributed by atoms with Gasteiger partial charge in [0, 0.05) is 35.6 Å². The van der Waals surface area contributed by atoms with Gasteiger partial charge in [0.25, 0.3) is 5.91 Å². The SMILES string of the molecule is COc1cc(-c2nc(Nc3cc(C=N)c(N)cc3F)n(C)n2)ccc1C(=O)NC(C)(C)C.